The predicted octanol–water partition coefficient (Wildman–Crippen LogP) is 5.02. The van der Waals surface area contributed by atoms with Crippen LogP contribution in [-0.2, 0) is 9.47 Å². The standard InChI is InChI=1S/C22H27N3O3/c1-3-26-22(27-4-2)19-13-18-20(24-19)14-23-21(25-18)15-8-7-11-17(12-15)28-16-9-5-6-10-16/h7-8,11-14,16,22,24H,3-6,9-10H2,1-2H3. The average Bonchev–Trinajstić information content (AvgIpc) is 3.37. The molecule has 0 saturated heterocycles. The van der Waals surface area contributed by atoms with E-state index in [1.807, 2.05) is 44.2 Å². The van der Waals surface area contributed by atoms with E-state index in [-0.39, 0.29) is 0 Å². The van der Waals surface area contributed by atoms with E-state index in [1.54, 1.807) is 6.20 Å². The lowest BCUT2D eigenvalue weighted by atomic mass is 10.2. The molecule has 1 N–H and O–H groups in total. The maximum Gasteiger partial charge on any atom is 0.198 e. The number of hydrogen-bond donors (Lipinski definition) is 1. The molecule has 2 aromatic heterocycles. The number of ether oxygens (including phenoxy) is 3. The van der Waals surface area contributed by atoms with E-state index >= 15 is 0 Å². The molecule has 0 bridgehead atoms. The molecule has 6 nitrogen and oxygen atoms in total. The molecule has 2 heterocycles. The summed E-state index contributed by atoms with van der Waals surface area (Å²) in [5, 5.41) is 0. The van der Waals surface area contributed by atoms with Crippen molar-refractivity contribution in [2.24, 2.45) is 0 Å². The Morgan fingerprint density at radius 1 is 1.11 bits per heavy atom. The molecule has 0 spiro atoms. The van der Waals surface area contributed by atoms with E-state index in [4.69, 9.17) is 19.2 Å². The predicted molar refractivity (Wildman–Crippen MR) is 108 cm³/mol. The average molecular weight is 381 g/mol. The summed E-state index contributed by atoms with van der Waals surface area (Å²) in [6, 6.07) is 10.0. The van der Waals surface area contributed by atoms with Gasteiger partial charge in [-0.05, 0) is 57.7 Å². The van der Waals surface area contributed by atoms with Crippen LogP contribution in [0.2, 0.25) is 0 Å². The monoisotopic (exact) mass is 381 g/mol. The minimum absolute atomic E-state index is 0.333. The molecular formula is C22H27N3O3. The second kappa shape index (κ2) is 8.71. The van der Waals surface area contributed by atoms with Gasteiger partial charge in [-0.3, -0.25) is 0 Å². The Bertz CT molecular complexity index is 912. The lowest BCUT2D eigenvalue weighted by molar-refractivity contribution is -0.142. The molecule has 1 aliphatic carbocycles. The smallest absolute Gasteiger partial charge is 0.198 e. The maximum atomic E-state index is 6.12. The number of nitrogens with one attached hydrogen (secondary N) is 1. The fourth-order valence-electron chi connectivity index (χ4n) is 3.64. The molecule has 6 heteroatoms. The Morgan fingerprint density at radius 2 is 1.89 bits per heavy atom. The summed E-state index contributed by atoms with van der Waals surface area (Å²) in [5.41, 5.74) is 3.50. The second-order valence-electron chi connectivity index (χ2n) is 7.01. The van der Waals surface area contributed by atoms with Gasteiger partial charge in [0, 0.05) is 18.8 Å². The number of benzene rings is 1. The van der Waals surface area contributed by atoms with Crippen LogP contribution in [0.4, 0.5) is 0 Å². The third-order valence-corrected chi connectivity index (χ3v) is 4.98. The molecule has 1 fully saturated rings. The van der Waals surface area contributed by atoms with Crippen LogP contribution in [0.1, 0.15) is 51.5 Å². The molecule has 0 atom stereocenters. The van der Waals surface area contributed by atoms with Crippen LogP contribution in [0.25, 0.3) is 22.4 Å². The SMILES string of the molecule is CCOC(OCC)c1cc2nc(-c3cccc(OC4CCCC4)c3)ncc2[nH]1. The third kappa shape index (κ3) is 4.18. The van der Waals surface area contributed by atoms with E-state index < -0.39 is 6.29 Å². The van der Waals surface area contributed by atoms with Crippen molar-refractivity contribution < 1.29 is 14.2 Å². The van der Waals surface area contributed by atoms with E-state index in [0.29, 0.717) is 25.1 Å². The molecule has 1 aliphatic rings. The van der Waals surface area contributed by atoms with Crippen LogP contribution in [0, 0.1) is 0 Å². The lowest BCUT2D eigenvalue weighted by Crippen LogP contribution is -2.10. The van der Waals surface area contributed by atoms with Crippen LogP contribution in [0.3, 0.4) is 0 Å². The second-order valence-corrected chi connectivity index (χ2v) is 7.01. The van der Waals surface area contributed by atoms with Gasteiger partial charge in [0.05, 0.1) is 29.0 Å². The number of fused-ring (bicyclic) bond motifs is 1. The summed E-state index contributed by atoms with van der Waals surface area (Å²) in [4.78, 5) is 12.6. The van der Waals surface area contributed by atoms with Gasteiger partial charge in [0.2, 0.25) is 0 Å². The summed E-state index contributed by atoms with van der Waals surface area (Å²) in [7, 11) is 0. The van der Waals surface area contributed by atoms with E-state index in [9.17, 15) is 0 Å². The van der Waals surface area contributed by atoms with Gasteiger partial charge in [-0.1, -0.05) is 12.1 Å². The summed E-state index contributed by atoms with van der Waals surface area (Å²) in [6.45, 7) is 5.05. The van der Waals surface area contributed by atoms with Gasteiger partial charge in [-0.25, -0.2) is 9.97 Å². The van der Waals surface area contributed by atoms with Crippen LogP contribution in [0.5, 0.6) is 5.75 Å². The van der Waals surface area contributed by atoms with Gasteiger partial charge < -0.3 is 19.2 Å². The van der Waals surface area contributed by atoms with Gasteiger partial charge in [0.25, 0.3) is 0 Å². The van der Waals surface area contributed by atoms with Gasteiger partial charge in [0.15, 0.2) is 12.1 Å². The number of aromatic amines is 1. The molecule has 0 radical (unpaired) electrons. The molecule has 1 aromatic carbocycles. The highest BCUT2D eigenvalue weighted by Gasteiger charge is 2.18. The largest absolute Gasteiger partial charge is 0.490 e. The summed E-state index contributed by atoms with van der Waals surface area (Å²) in [6.07, 6.45) is 6.50. The maximum absolute atomic E-state index is 6.12. The van der Waals surface area contributed by atoms with Gasteiger partial charge >= 0.3 is 0 Å². The van der Waals surface area contributed by atoms with Gasteiger partial charge in [-0.2, -0.15) is 0 Å². The highest BCUT2D eigenvalue weighted by atomic mass is 16.7. The van der Waals surface area contributed by atoms with Crippen molar-refractivity contribution in [3.63, 3.8) is 0 Å². The van der Waals surface area contributed by atoms with Crippen LogP contribution in [-0.4, -0.2) is 34.3 Å². The minimum Gasteiger partial charge on any atom is -0.490 e. The molecule has 0 aliphatic heterocycles. The number of nitrogens with zero attached hydrogens (tertiary/aromatic N) is 2. The first kappa shape index (κ1) is 18.9. The molecule has 148 valence electrons. The van der Waals surface area contributed by atoms with Crippen molar-refractivity contribution in [2.75, 3.05) is 13.2 Å². The molecular weight excluding hydrogens is 354 g/mol. The Balaban J connectivity index is 1.59. The Labute approximate surface area is 165 Å². The Morgan fingerprint density at radius 3 is 2.64 bits per heavy atom. The van der Waals surface area contributed by atoms with E-state index in [1.165, 1.54) is 12.8 Å². The zero-order valence-electron chi connectivity index (χ0n) is 16.5. The normalized spacial score (nSPS) is 15.0. The van der Waals surface area contributed by atoms with Crippen molar-refractivity contribution in [1.29, 1.82) is 0 Å². The first-order chi connectivity index (χ1) is 13.8. The molecule has 0 unspecified atom stereocenters. The molecule has 0 amide bonds. The van der Waals surface area contributed by atoms with E-state index in [2.05, 4.69) is 9.97 Å². The third-order valence-electron chi connectivity index (χ3n) is 4.98. The highest BCUT2D eigenvalue weighted by Crippen LogP contribution is 2.28. The van der Waals surface area contributed by atoms with E-state index in [0.717, 1.165) is 40.9 Å². The molecule has 28 heavy (non-hydrogen) atoms. The number of aromatic nitrogens is 3. The van der Waals surface area contributed by atoms with Crippen molar-refractivity contribution in [1.82, 2.24) is 15.0 Å². The summed E-state index contributed by atoms with van der Waals surface area (Å²) < 4.78 is 17.5. The summed E-state index contributed by atoms with van der Waals surface area (Å²) >= 11 is 0. The van der Waals surface area contributed by atoms with Gasteiger partial charge in [0.1, 0.15) is 5.75 Å². The Kier molecular flexibility index (Phi) is 5.88. The van der Waals surface area contributed by atoms with Gasteiger partial charge in [-0.15, -0.1) is 0 Å². The number of rotatable bonds is 8. The first-order valence-corrected chi connectivity index (χ1v) is 10.1. The van der Waals surface area contributed by atoms with Crippen LogP contribution >= 0.6 is 0 Å². The number of H-pyrrole nitrogens is 1. The summed E-state index contributed by atoms with van der Waals surface area (Å²) in [5.74, 6) is 1.56. The Hall–Kier alpha value is -2.44. The van der Waals surface area contributed by atoms with Crippen molar-refractivity contribution in [3.8, 4) is 17.1 Å². The quantitative estimate of drug-likeness (QED) is 0.555. The van der Waals surface area contributed by atoms with Crippen molar-refractivity contribution in [2.45, 2.75) is 51.9 Å². The molecule has 3 aromatic rings. The fourth-order valence-corrected chi connectivity index (χ4v) is 3.64. The topological polar surface area (TPSA) is 69.3 Å². The van der Waals surface area contributed by atoms with Crippen molar-refractivity contribution >= 4 is 11.0 Å². The zero-order valence-corrected chi connectivity index (χ0v) is 16.5. The highest BCUT2D eigenvalue weighted by molar-refractivity contribution is 5.77. The number of hydrogen-bond acceptors (Lipinski definition) is 5. The molecule has 1 saturated carbocycles. The first-order valence-electron chi connectivity index (χ1n) is 10.1. The lowest BCUT2D eigenvalue weighted by Gasteiger charge is -2.14. The molecule has 4 rings (SSSR count). The fraction of sp³-hybridized carbons (Fsp3) is 0.455. The van der Waals surface area contributed by atoms with Crippen LogP contribution < -0.4 is 4.74 Å². The zero-order chi connectivity index (χ0) is 19.3. The van der Waals surface area contributed by atoms with Crippen molar-refractivity contribution in [3.05, 3.63) is 42.2 Å². The minimum atomic E-state index is -0.421. The van der Waals surface area contributed by atoms with Crippen LogP contribution in [0.15, 0.2) is 36.5 Å².